The lowest BCUT2D eigenvalue weighted by Gasteiger charge is -2.04. The molecular formula is C11H8ClN3O. The molecule has 0 bridgehead atoms. The lowest BCUT2D eigenvalue weighted by molar-refractivity contribution is 0.482. The van der Waals surface area contributed by atoms with Gasteiger partial charge >= 0.3 is 0 Å². The molecule has 1 heterocycles. The van der Waals surface area contributed by atoms with Crippen LogP contribution in [0, 0.1) is 11.3 Å². The minimum Gasteiger partial charge on any atom is -0.452 e. The average Bonchev–Trinajstić information content (AvgIpc) is 2.67. The van der Waals surface area contributed by atoms with Gasteiger partial charge in [0.1, 0.15) is 5.75 Å². The van der Waals surface area contributed by atoms with E-state index >= 15 is 0 Å². The number of halogens is 1. The smallest absolute Gasteiger partial charge is 0.165 e. The summed E-state index contributed by atoms with van der Waals surface area (Å²) >= 11 is 5.96. The van der Waals surface area contributed by atoms with Crippen LogP contribution in [0.15, 0.2) is 30.6 Å². The molecule has 16 heavy (non-hydrogen) atoms. The van der Waals surface area contributed by atoms with Crippen LogP contribution in [0.3, 0.4) is 0 Å². The minimum atomic E-state index is 0.405. The summed E-state index contributed by atoms with van der Waals surface area (Å²) in [5, 5.41) is 13.1. The Kier molecular flexibility index (Phi) is 2.80. The molecular weight excluding hydrogens is 226 g/mol. The second-order valence-corrected chi connectivity index (χ2v) is 3.62. The highest BCUT2D eigenvalue weighted by molar-refractivity contribution is 6.32. The van der Waals surface area contributed by atoms with Gasteiger partial charge in [0.25, 0.3) is 0 Å². The van der Waals surface area contributed by atoms with E-state index in [1.54, 1.807) is 42.3 Å². The van der Waals surface area contributed by atoms with E-state index in [1.165, 1.54) is 0 Å². The average molecular weight is 234 g/mol. The van der Waals surface area contributed by atoms with Gasteiger partial charge in [0.2, 0.25) is 0 Å². The maximum atomic E-state index is 8.68. The van der Waals surface area contributed by atoms with Gasteiger partial charge in [-0.1, -0.05) is 11.6 Å². The summed E-state index contributed by atoms with van der Waals surface area (Å²) < 4.78 is 7.14. The van der Waals surface area contributed by atoms with E-state index in [-0.39, 0.29) is 0 Å². The zero-order valence-electron chi connectivity index (χ0n) is 8.51. The van der Waals surface area contributed by atoms with Gasteiger partial charge in [-0.3, -0.25) is 4.68 Å². The number of nitrogens with zero attached hydrogens (tertiary/aromatic N) is 3. The third-order valence-electron chi connectivity index (χ3n) is 1.97. The second kappa shape index (κ2) is 4.25. The maximum absolute atomic E-state index is 8.68. The molecule has 0 aliphatic carbocycles. The van der Waals surface area contributed by atoms with Crippen LogP contribution >= 0.6 is 11.6 Å². The molecule has 2 rings (SSSR count). The van der Waals surface area contributed by atoms with E-state index < -0.39 is 0 Å². The van der Waals surface area contributed by atoms with E-state index in [0.717, 1.165) is 0 Å². The number of nitriles is 1. The molecule has 0 atom stereocenters. The molecule has 0 aliphatic rings. The summed E-state index contributed by atoms with van der Waals surface area (Å²) in [7, 11) is 1.80. The Hall–Kier alpha value is -1.99. The van der Waals surface area contributed by atoms with Gasteiger partial charge in [-0.15, -0.1) is 0 Å². The fraction of sp³-hybridized carbons (Fsp3) is 0.0909. The molecule has 0 aliphatic heterocycles. The third-order valence-corrected chi connectivity index (χ3v) is 2.27. The van der Waals surface area contributed by atoms with Gasteiger partial charge in [-0.25, -0.2) is 0 Å². The number of ether oxygens (including phenoxy) is 1. The Balaban J connectivity index is 2.26. The topological polar surface area (TPSA) is 50.8 Å². The van der Waals surface area contributed by atoms with Crippen molar-refractivity contribution in [2.24, 2.45) is 7.05 Å². The SMILES string of the molecule is Cn1cc(Oc2ccc(C#N)cc2Cl)cn1. The van der Waals surface area contributed by atoms with Gasteiger partial charge < -0.3 is 4.74 Å². The van der Waals surface area contributed by atoms with Crippen LogP contribution in [-0.2, 0) is 7.05 Å². The molecule has 0 unspecified atom stereocenters. The zero-order chi connectivity index (χ0) is 11.5. The molecule has 0 amide bonds. The molecule has 1 aromatic heterocycles. The molecule has 0 spiro atoms. The van der Waals surface area contributed by atoms with E-state index in [0.29, 0.717) is 22.1 Å². The number of hydrogen-bond donors (Lipinski definition) is 0. The largest absolute Gasteiger partial charge is 0.452 e. The first kappa shape index (κ1) is 10.5. The Bertz CT molecular complexity index is 557. The highest BCUT2D eigenvalue weighted by atomic mass is 35.5. The summed E-state index contributed by atoms with van der Waals surface area (Å²) in [5.74, 6) is 1.11. The summed E-state index contributed by atoms with van der Waals surface area (Å²) in [6.07, 6.45) is 3.32. The quantitative estimate of drug-likeness (QED) is 0.801. The van der Waals surface area contributed by atoms with Gasteiger partial charge in [-0.2, -0.15) is 10.4 Å². The second-order valence-electron chi connectivity index (χ2n) is 3.21. The number of hydrogen-bond acceptors (Lipinski definition) is 3. The summed E-state index contributed by atoms with van der Waals surface area (Å²) in [5.41, 5.74) is 0.503. The van der Waals surface area contributed by atoms with Gasteiger partial charge in [-0.05, 0) is 18.2 Å². The van der Waals surface area contributed by atoms with Crippen molar-refractivity contribution >= 4 is 11.6 Å². The summed E-state index contributed by atoms with van der Waals surface area (Å²) in [6, 6.07) is 6.88. The molecule has 4 nitrogen and oxygen atoms in total. The van der Waals surface area contributed by atoms with Crippen LogP contribution in [0.25, 0.3) is 0 Å². The Morgan fingerprint density at radius 3 is 2.88 bits per heavy atom. The molecule has 0 N–H and O–H groups in total. The van der Waals surface area contributed by atoms with Crippen molar-refractivity contribution in [2.75, 3.05) is 0 Å². The lowest BCUT2D eigenvalue weighted by atomic mass is 10.2. The van der Waals surface area contributed by atoms with E-state index in [4.69, 9.17) is 21.6 Å². The Labute approximate surface area is 97.6 Å². The van der Waals surface area contributed by atoms with Crippen molar-refractivity contribution in [3.63, 3.8) is 0 Å². The molecule has 1 aromatic carbocycles. The molecule has 80 valence electrons. The minimum absolute atomic E-state index is 0.405. The van der Waals surface area contributed by atoms with Crippen molar-refractivity contribution < 1.29 is 4.74 Å². The maximum Gasteiger partial charge on any atom is 0.165 e. The van der Waals surface area contributed by atoms with Crippen LogP contribution in [-0.4, -0.2) is 9.78 Å². The first-order valence-corrected chi connectivity index (χ1v) is 4.93. The monoisotopic (exact) mass is 233 g/mol. The summed E-state index contributed by atoms with van der Waals surface area (Å²) in [6.45, 7) is 0. The molecule has 0 saturated heterocycles. The van der Waals surface area contributed by atoms with Crippen LogP contribution < -0.4 is 4.74 Å². The lowest BCUT2D eigenvalue weighted by Crippen LogP contribution is -1.86. The predicted molar refractivity (Wildman–Crippen MR) is 59.4 cm³/mol. The molecule has 0 saturated carbocycles. The summed E-state index contributed by atoms with van der Waals surface area (Å²) in [4.78, 5) is 0. The highest BCUT2D eigenvalue weighted by Gasteiger charge is 2.05. The van der Waals surface area contributed by atoms with Crippen LogP contribution in [0.2, 0.25) is 5.02 Å². The molecule has 0 fully saturated rings. The van der Waals surface area contributed by atoms with Crippen LogP contribution in [0.4, 0.5) is 0 Å². The molecule has 5 heteroatoms. The van der Waals surface area contributed by atoms with E-state index in [9.17, 15) is 0 Å². The molecule has 0 radical (unpaired) electrons. The fourth-order valence-corrected chi connectivity index (χ4v) is 1.45. The third kappa shape index (κ3) is 2.15. The Morgan fingerprint density at radius 1 is 1.50 bits per heavy atom. The van der Waals surface area contributed by atoms with Crippen LogP contribution in [0.5, 0.6) is 11.5 Å². The van der Waals surface area contributed by atoms with Crippen molar-refractivity contribution in [1.82, 2.24) is 9.78 Å². The predicted octanol–water partition coefficient (Wildman–Crippen LogP) is 2.74. The number of rotatable bonds is 2. The zero-order valence-corrected chi connectivity index (χ0v) is 9.27. The van der Waals surface area contributed by atoms with Crippen LogP contribution in [0.1, 0.15) is 5.56 Å². The first-order chi connectivity index (χ1) is 7.69. The number of benzene rings is 1. The van der Waals surface area contributed by atoms with E-state index in [1.807, 2.05) is 6.07 Å². The van der Waals surface area contributed by atoms with Crippen molar-refractivity contribution in [3.05, 3.63) is 41.2 Å². The van der Waals surface area contributed by atoms with Crippen molar-refractivity contribution in [3.8, 4) is 17.6 Å². The van der Waals surface area contributed by atoms with Crippen molar-refractivity contribution in [1.29, 1.82) is 5.26 Å². The number of aryl methyl sites for hydroxylation is 1. The normalized spacial score (nSPS) is 9.81. The van der Waals surface area contributed by atoms with Gasteiger partial charge in [0.05, 0.1) is 29.0 Å². The van der Waals surface area contributed by atoms with Gasteiger partial charge in [0, 0.05) is 7.05 Å². The number of aromatic nitrogens is 2. The standard InChI is InChI=1S/C11H8ClN3O/c1-15-7-9(6-14-15)16-11-3-2-8(5-13)4-10(11)12/h2-4,6-7H,1H3. The fourth-order valence-electron chi connectivity index (χ4n) is 1.23. The van der Waals surface area contributed by atoms with Crippen molar-refractivity contribution in [2.45, 2.75) is 0 Å². The highest BCUT2D eigenvalue weighted by Crippen LogP contribution is 2.29. The van der Waals surface area contributed by atoms with Gasteiger partial charge in [0.15, 0.2) is 5.75 Å². The molecule has 2 aromatic rings. The first-order valence-electron chi connectivity index (χ1n) is 4.55. The Morgan fingerprint density at radius 2 is 2.31 bits per heavy atom. The van der Waals surface area contributed by atoms with E-state index in [2.05, 4.69) is 5.10 Å².